The van der Waals surface area contributed by atoms with Crippen molar-refractivity contribution < 1.29 is 18.7 Å². The molecule has 0 saturated carbocycles. The maximum Gasteiger partial charge on any atom is 0.195 e. The molecular formula is C19H17FO3. The lowest BCUT2D eigenvalue weighted by Crippen LogP contribution is -2.38. The van der Waals surface area contributed by atoms with Gasteiger partial charge in [-0.15, -0.1) is 0 Å². The highest BCUT2D eigenvalue weighted by atomic mass is 19.1. The molecule has 0 spiro atoms. The zero-order valence-corrected chi connectivity index (χ0v) is 12.9. The number of rotatable bonds is 1. The van der Waals surface area contributed by atoms with Gasteiger partial charge in [0.1, 0.15) is 5.75 Å². The number of hydrogen-bond donors (Lipinski definition) is 0. The minimum atomic E-state index is -0.874. The maximum absolute atomic E-state index is 13.6. The number of benzene rings is 1. The average molecular weight is 312 g/mol. The van der Waals surface area contributed by atoms with Crippen molar-refractivity contribution in [3.63, 3.8) is 0 Å². The molecule has 2 atom stereocenters. The molecule has 0 N–H and O–H groups in total. The third-order valence-corrected chi connectivity index (χ3v) is 5.32. The fraction of sp³-hybridized carbons (Fsp3) is 0.368. The number of carbonyl (C=O) groups excluding carboxylic acids is 2. The average Bonchev–Trinajstić information content (AvgIpc) is 2.57. The summed E-state index contributed by atoms with van der Waals surface area (Å²) in [5.74, 6) is -1.76. The van der Waals surface area contributed by atoms with Crippen LogP contribution in [0.1, 0.15) is 30.4 Å². The Balaban J connectivity index is 1.82. The van der Waals surface area contributed by atoms with E-state index in [1.165, 1.54) is 11.1 Å². The van der Waals surface area contributed by atoms with Crippen LogP contribution in [-0.2, 0) is 16.0 Å². The lowest BCUT2D eigenvalue weighted by molar-refractivity contribution is -0.130. The number of fused-ring (bicyclic) bond motifs is 4. The third kappa shape index (κ3) is 2.08. The number of aryl methyl sites for hydroxylation is 1. The second kappa shape index (κ2) is 5.15. The molecule has 0 bridgehead atoms. The van der Waals surface area contributed by atoms with Crippen molar-refractivity contribution in [2.75, 3.05) is 7.11 Å². The van der Waals surface area contributed by atoms with Crippen LogP contribution in [0.2, 0.25) is 0 Å². The number of halogens is 1. The Bertz CT molecular complexity index is 788. The van der Waals surface area contributed by atoms with Gasteiger partial charge in [-0.2, -0.15) is 0 Å². The molecule has 118 valence electrons. The quantitative estimate of drug-likeness (QED) is 0.798. The Hall–Kier alpha value is -2.23. The van der Waals surface area contributed by atoms with E-state index < -0.39 is 23.4 Å². The Labute approximate surface area is 133 Å². The minimum Gasteiger partial charge on any atom is -0.497 e. The first-order valence-electron chi connectivity index (χ1n) is 7.94. The Morgan fingerprint density at radius 3 is 2.78 bits per heavy atom. The monoisotopic (exact) mass is 312 g/mol. The summed E-state index contributed by atoms with van der Waals surface area (Å²) in [6.07, 6.45) is 3.74. The molecular weight excluding hydrogens is 295 g/mol. The molecule has 0 aliphatic heterocycles. The SMILES string of the molecule is COc1ccc2c(c1)CCC1=C2CC[C@@H]2C(=O)C(F)=CC(=O)[C@H]12. The maximum atomic E-state index is 13.6. The van der Waals surface area contributed by atoms with Gasteiger partial charge in [0.05, 0.1) is 13.0 Å². The van der Waals surface area contributed by atoms with Crippen LogP contribution < -0.4 is 4.74 Å². The van der Waals surface area contributed by atoms with E-state index >= 15 is 0 Å². The number of carbonyl (C=O) groups is 2. The Morgan fingerprint density at radius 2 is 2.00 bits per heavy atom. The minimum absolute atomic E-state index is 0.253. The van der Waals surface area contributed by atoms with E-state index in [1.54, 1.807) is 7.11 Å². The molecule has 3 nitrogen and oxygen atoms in total. The summed E-state index contributed by atoms with van der Waals surface area (Å²) in [4.78, 5) is 24.4. The molecule has 4 heteroatoms. The molecule has 0 fully saturated rings. The van der Waals surface area contributed by atoms with Crippen molar-refractivity contribution >= 4 is 17.1 Å². The number of ether oxygens (including phenoxy) is 1. The topological polar surface area (TPSA) is 43.4 Å². The molecule has 1 aromatic carbocycles. The predicted octanol–water partition coefficient (Wildman–Crippen LogP) is 3.43. The van der Waals surface area contributed by atoms with Crippen LogP contribution in [0.25, 0.3) is 5.57 Å². The normalized spacial score (nSPS) is 26.3. The highest BCUT2D eigenvalue weighted by molar-refractivity contribution is 6.11. The zero-order valence-electron chi connectivity index (χ0n) is 12.9. The van der Waals surface area contributed by atoms with E-state index in [0.29, 0.717) is 6.42 Å². The van der Waals surface area contributed by atoms with Gasteiger partial charge in [-0.25, -0.2) is 4.39 Å². The van der Waals surface area contributed by atoms with Gasteiger partial charge in [-0.1, -0.05) is 11.6 Å². The smallest absolute Gasteiger partial charge is 0.195 e. The molecule has 0 unspecified atom stereocenters. The van der Waals surface area contributed by atoms with Gasteiger partial charge in [-0.05, 0) is 54.5 Å². The first kappa shape index (κ1) is 14.4. The molecule has 1 aromatic rings. The van der Waals surface area contributed by atoms with Gasteiger partial charge in [0, 0.05) is 12.0 Å². The van der Waals surface area contributed by atoms with Gasteiger partial charge >= 0.3 is 0 Å². The van der Waals surface area contributed by atoms with Crippen LogP contribution in [-0.4, -0.2) is 18.7 Å². The van der Waals surface area contributed by atoms with Gasteiger partial charge in [-0.3, -0.25) is 9.59 Å². The highest BCUT2D eigenvalue weighted by Gasteiger charge is 2.44. The third-order valence-electron chi connectivity index (χ3n) is 5.32. The molecule has 0 aromatic heterocycles. The van der Waals surface area contributed by atoms with Gasteiger partial charge in [0.2, 0.25) is 0 Å². The van der Waals surface area contributed by atoms with Crippen LogP contribution in [0.5, 0.6) is 5.75 Å². The second-order valence-electron chi connectivity index (χ2n) is 6.41. The van der Waals surface area contributed by atoms with E-state index in [2.05, 4.69) is 0 Å². The van der Waals surface area contributed by atoms with E-state index in [1.807, 2.05) is 18.2 Å². The lowest BCUT2D eigenvalue weighted by atomic mass is 9.64. The summed E-state index contributed by atoms with van der Waals surface area (Å²) in [6, 6.07) is 6.00. The summed E-state index contributed by atoms with van der Waals surface area (Å²) < 4.78 is 18.9. The van der Waals surface area contributed by atoms with Gasteiger partial charge in [0.15, 0.2) is 17.4 Å². The number of Topliss-reactive ketones (excluding diaryl/α,β-unsaturated/α-hetero) is 1. The number of allylic oxidation sites excluding steroid dienone is 4. The summed E-state index contributed by atoms with van der Waals surface area (Å²) in [5, 5.41) is 0. The van der Waals surface area contributed by atoms with Crippen molar-refractivity contribution in [2.24, 2.45) is 11.8 Å². The Kier molecular flexibility index (Phi) is 3.22. The van der Waals surface area contributed by atoms with Crippen LogP contribution in [0, 0.1) is 11.8 Å². The van der Waals surface area contributed by atoms with Crippen molar-refractivity contribution in [1.82, 2.24) is 0 Å². The van der Waals surface area contributed by atoms with E-state index in [9.17, 15) is 14.0 Å². The summed E-state index contributed by atoms with van der Waals surface area (Å²) in [5.41, 5.74) is 4.59. The number of ketones is 2. The molecule has 3 aliphatic carbocycles. The van der Waals surface area contributed by atoms with E-state index in [0.717, 1.165) is 42.2 Å². The summed E-state index contributed by atoms with van der Waals surface area (Å²) in [6.45, 7) is 0. The second-order valence-corrected chi connectivity index (χ2v) is 6.41. The van der Waals surface area contributed by atoms with E-state index in [4.69, 9.17) is 4.74 Å². The van der Waals surface area contributed by atoms with E-state index in [-0.39, 0.29) is 5.78 Å². The highest BCUT2D eigenvalue weighted by Crippen LogP contribution is 2.48. The van der Waals surface area contributed by atoms with Gasteiger partial charge < -0.3 is 4.74 Å². The fourth-order valence-corrected chi connectivity index (χ4v) is 4.25. The molecule has 0 heterocycles. The molecule has 0 radical (unpaired) electrons. The van der Waals surface area contributed by atoms with Gasteiger partial charge in [0.25, 0.3) is 0 Å². The first-order chi connectivity index (χ1) is 11.1. The fourth-order valence-electron chi connectivity index (χ4n) is 4.25. The van der Waals surface area contributed by atoms with Crippen molar-refractivity contribution in [3.05, 3.63) is 46.8 Å². The Morgan fingerprint density at radius 1 is 1.17 bits per heavy atom. The van der Waals surface area contributed by atoms with Crippen LogP contribution in [0.3, 0.4) is 0 Å². The molecule has 3 aliphatic rings. The van der Waals surface area contributed by atoms with Crippen LogP contribution in [0.15, 0.2) is 35.7 Å². The predicted molar refractivity (Wildman–Crippen MR) is 83.7 cm³/mol. The standard InChI is InChI=1S/C19H17FO3/c1-23-11-3-5-12-10(8-11)2-4-14-13(12)6-7-15-18(14)17(21)9-16(20)19(15)22/h3,5,8-9,15,18H,2,4,6-7H2,1H3/t15-,18+/m0/s1. The number of methoxy groups -OCH3 is 1. The van der Waals surface area contributed by atoms with Crippen LogP contribution in [0.4, 0.5) is 4.39 Å². The van der Waals surface area contributed by atoms with Crippen molar-refractivity contribution in [2.45, 2.75) is 25.7 Å². The summed E-state index contributed by atoms with van der Waals surface area (Å²) >= 11 is 0. The molecule has 0 saturated heterocycles. The largest absolute Gasteiger partial charge is 0.497 e. The van der Waals surface area contributed by atoms with Crippen molar-refractivity contribution in [1.29, 1.82) is 0 Å². The zero-order chi connectivity index (χ0) is 16.1. The number of hydrogen-bond acceptors (Lipinski definition) is 3. The first-order valence-corrected chi connectivity index (χ1v) is 7.94. The molecule has 4 rings (SSSR count). The van der Waals surface area contributed by atoms with Crippen molar-refractivity contribution in [3.8, 4) is 5.75 Å². The molecule has 0 amide bonds. The summed E-state index contributed by atoms with van der Waals surface area (Å²) in [7, 11) is 1.65. The van der Waals surface area contributed by atoms with Crippen LogP contribution >= 0.6 is 0 Å². The lowest BCUT2D eigenvalue weighted by Gasteiger charge is -2.38. The molecule has 23 heavy (non-hydrogen) atoms.